The van der Waals surface area contributed by atoms with Crippen molar-refractivity contribution in [1.29, 1.82) is 0 Å². The third kappa shape index (κ3) is 2.03. The van der Waals surface area contributed by atoms with Crippen molar-refractivity contribution in [3.8, 4) is 0 Å². The van der Waals surface area contributed by atoms with E-state index < -0.39 is 0 Å². The van der Waals surface area contributed by atoms with Gasteiger partial charge < -0.3 is 10.1 Å². The van der Waals surface area contributed by atoms with Crippen LogP contribution in [-0.2, 0) is 4.74 Å². The normalized spacial score (nSPS) is 35.3. The Balaban J connectivity index is 1.93. The molecule has 76 valence electrons. The molecule has 0 aliphatic carbocycles. The van der Waals surface area contributed by atoms with Crippen molar-refractivity contribution in [1.82, 2.24) is 10.2 Å². The Kier molecular flexibility index (Phi) is 2.86. The van der Waals surface area contributed by atoms with E-state index in [-0.39, 0.29) is 0 Å². The first kappa shape index (κ1) is 9.44. The van der Waals surface area contributed by atoms with Gasteiger partial charge in [-0.2, -0.15) is 0 Å². The Bertz CT molecular complexity index is 172. The molecule has 2 saturated heterocycles. The first-order valence-electron chi connectivity index (χ1n) is 5.33. The first-order valence-corrected chi connectivity index (χ1v) is 5.33. The fraction of sp³-hybridized carbons (Fsp3) is 1.00. The van der Waals surface area contributed by atoms with Crippen LogP contribution in [0.1, 0.15) is 13.8 Å². The smallest absolute Gasteiger partial charge is 0.0867 e. The molecule has 0 aromatic rings. The van der Waals surface area contributed by atoms with Crippen molar-refractivity contribution in [2.45, 2.75) is 26.0 Å². The average Bonchev–Trinajstić information content (AvgIpc) is 2.51. The molecule has 2 heterocycles. The van der Waals surface area contributed by atoms with Crippen LogP contribution in [0.3, 0.4) is 0 Å². The fourth-order valence-electron chi connectivity index (χ4n) is 2.36. The van der Waals surface area contributed by atoms with Gasteiger partial charge in [0.1, 0.15) is 0 Å². The third-order valence-electron chi connectivity index (χ3n) is 2.91. The molecular formula is C10H20N2O. The Labute approximate surface area is 80.4 Å². The Morgan fingerprint density at radius 2 is 2.31 bits per heavy atom. The molecule has 0 aromatic heterocycles. The molecular weight excluding hydrogens is 164 g/mol. The summed E-state index contributed by atoms with van der Waals surface area (Å²) in [4.78, 5) is 2.58. The lowest BCUT2D eigenvalue weighted by Gasteiger charge is -2.37. The molecule has 13 heavy (non-hydrogen) atoms. The molecule has 2 aliphatic heterocycles. The number of hydrogen-bond acceptors (Lipinski definition) is 3. The molecule has 3 nitrogen and oxygen atoms in total. The molecule has 0 radical (unpaired) electrons. The predicted octanol–water partition coefficient (Wildman–Crippen LogP) is 0.315. The molecule has 2 fully saturated rings. The Morgan fingerprint density at radius 1 is 1.46 bits per heavy atom. The van der Waals surface area contributed by atoms with E-state index in [4.69, 9.17) is 4.74 Å². The zero-order valence-corrected chi connectivity index (χ0v) is 8.62. The van der Waals surface area contributed by atoms with Crippen LogP contribution in [0.25, 0.3) is 0 Å². The van der Waals surface area contributed by atoms with Gasteiger partial charge in [-0.25, -0.2) is 0 Å². The quantitative estimate of drug-likeness (QED) is 0.668. The van der Waals surface area contributed by atoms with E-state index in [1.165, 1.54) is 6.54 Å². The van der Waals surface area contributed by atoms with Crippen LogP contribution in [0.2, 0.25) is 0 Å². The minimum absolute atomic E-state index is 0.451. The number of ether oxygens (including phenoxy) is 1. The van der Waals surface area contributed by atoms with Gasteiger partial charge in [0.2, 0.25) is 0 Å². The van der Waals surface area contributed by atoms with Gasteiger partial charge in [-0.1, -0.05) is 13.8 Å². The number of morpholine rings is 1. The maximum atomic E-state index is 5.71. The zero-order valence-electron chi connectivity index (χ0n) is 8.62. The van der Waals surface area contributed by atoms with Crippen molar-refractivity contribution in [3.05, 3.63) is 0 Å². The largest absolute Gasteiger partial charge is 0.374 e. The van der Waals surface area contributed by atoms with Gasteiger partial charge in [0.15, 0.2) is 0 Å². The molecule has 2 atom stereocenters. The molecule has 0 spiro atoms. The van der Waals surface area contributed by atoms with Gasteiger partial charge in [-0.15, -0.1) is 0 Å². The SMILES string of the molecule is CC(C)CN1CCOC2CNCC21. The summed E-state index contributed by atoms with van der Waals surface area (Å²) >= 11 is 0. The molecule has 1 N–H and O–H groups in total. The van der Waals surface area contributed by atoms with E-state index in [2.05, 4.69) is 24.1 Å². The molecule has 0 amide bonds. The molecule has 2 rings (SSSR count). The average molecular weight is 184 g/mol. The maximum absolute atomic E-state index is 5.71. The van der Waals surface area contributed by atoms with E-state index in [0.29, 0.717) is 12.1 Å². The lowest BCUT2D eigenvalue weighted by Crippen LogP contribution is -2.51. The predicted molar refractivity (Wildman–Crippen MR) is 52.8 cm³/mol. The lowest BCUT2D eigenvalue weighted by molar-refractivity contribution is -0.0501. The van der Waals surface area contributed by atoms with Crippen LogP contribution in [0, 0.1) is 5.92 Å². The summed E-state index contributed by atoms with van der Waals surface area (Å²) in [5, 5.41) is 3.40. The third-order valence-corrected chi connectivity index (χ3v) is 2.91. The molecule has 3 heteroatoms. The Morgan fingerprint density at radius 3 is 3.08 bits per heavy atom. The zero-order chi connectivity index (χ0) is 9.26. The maximum Gasteiger partial charge on any atom is 0.0867 e. The monoisotopic (exact) mass is 184 g/mol. The van der Waals surface area contributed by atoms with Gasteiger partial charge >= 0.3 is 0 Å². The number of nitrogens with zero attached hydrogens (tertiary/aromatic N) is 1. The molecule has 0 aromatic carbocycles. The van der Waals surface area contributed by atoms with Crippen LogP contribution in [0.5, 0.6) is 0 Å². The fourth-order valence-corrected chi connectivity index (χ4v) is 2.36. The summed E-state index contributed by atoms with van der Waals surface area (Å²) in [6.07, 6.45) is 0.451. The minimum atomic E-state index is 0.451. The van der Waals surface area contributed by atoms with Crippen LogP contribution in [-0.4, -0.2) is 49.8 Å². The number of rotatable bonds is 2. The molecule has 2 unspecified atom stereocenters. The number of hydrogen-bond donors (Lipinski definition) is 1. The first-order chi connectivity index (χ1) is 6.27. The summed E-state index contributed by atoms with van der Waals surface area (Å²) in [5.41, 5.74) is 0. The molecule has 0 bridgehead atoms. The van der Waals surface area contributed by atoms with Crippen LogP contribution >= 0.6 is 0 Å². The van der Waals surface area contributed by atoms with Crippen LogP contribution in [0.4, 0.5) is 0 Å². The van der Waals surface area contributed by atoms with Crippen LogP contribution in [0.15, 0.2) is 0 Å². The second kappa shape index (κ2) is 3.95. The van der Waals surface area contributed by atoms with E-state index in [0.717, 1.165) is 32.2 Å². The van der Waals surface area contributed by atoms with E-state index in [1.54, 1.807) is 0 Å². The van der Waals surface area contributed by atoms with Gasteiger partial charge in [0.25, 0.3) is 0 Å². The van der Waals surface area contributed by atoms with Gasteiger partial charge in [-0.05, 0) is 5.92 Å². The van der Waals surface area contributed by atoms with Crippen molar-refractivity contribution in [2.24, 2.45) is 5.92 Å². The van der Waals surface area contributed by atoms with E-state index >= 15 is 0 Å². The summed E-state index contributed by atoms with van der Waals surface area (Å²) in [7, 11) is 0. The van der Waals surface area contributed by atoms with Gasteiger partial charge in [0.05, 0.1) is 12.7 Å². The second-order valence-corrected chi connectivity index (χ2v) is 4.52. The second-order valence-electron chi connectivity index (χ2n) is 4.52. The van der Waals surface area contributed by atoms with E-state index in [1.807, 2.05) is 0 Å². The molecule has 0 saturated carbocycles. The summed E-state index contributed by atoms with van der Waals surface area (Å²) in [5.74, 6) is 0.763. The Hall–Kier alpha value is -0.120. The summed E-state index contributed by atoms with van der Waals surface area (Å²) < 4.78 is 5.71. The van der Waals surface area contributed by atoms with Crippen molar-refractivity contribution in [2.75, 3.05) is 32.8 Å². The van der Waals surface area contributed by atoms with Crippen molar-refractivity contribution in [3.63, 3.8) is 0 Å². The topological polar surface area (TPSA) is 24.5 Å². The van der Waals surface area contributed by atoms with Crippen LogP contribution < -0.4 is 5.32 Å². The van der Waals surface area contributed by atoms with Crippen molar-refractivity contribution < 1.29 is 4.74 Å². The van der Waals surface area contributed by atoms with Gasteiger partial charge in [0, 0.05) is 32.2 Å². The number of nitrogens with one attached hydrogen (secondary N) is 1. The van der Waals surface area contributed by atoms with E-state index in [9.17, 15) is 0 Å². The lowest BCUT2D eigenvalue weighted by atomic mass is 10.1. The summed E-state index contributed by atoms with van der Waals surface area (Å²) in [6, 6.07) is 0.635. The standard InChI is InChI=1S/C10H20N2O/c1-8(2)7-12-3-4-13-10-6-11-5-9(10)12/h8-11H,3-7H2,1-2H3. The van der Waals surface area contributed by atoms with Crippen molar-refractivity contribution >= 4 is 0 Å². The number of fused-ring (bicyclic) bond motifs is 1. The highest BCUT2D eigenvalue weighted by Gasteiger charge is 2.35. The minimum Gasteiger partial charge on any atom is -0.374 e. The van der Waals surface area contributed by atoms with Gasteiger partial charge in [-0.3, -0.25) is 4.90 Å². The highest BCUT2D eigenvalue weighted by Crippen LogP contribution is 2.18. The summed E-state index contributed by atoms with van der Waals surface area (Å²) in [6.45, 7) is 9.96. The highest BCUT2D eigenvalue weighted by atomic mass is 16.5. The highest BCUT2D eigenvalue weighted by molar-refractivity contribution is 4.92. The molecule has 2 aliphatic rings.